The average molecular weight is 372 g/mol. The summed E-state index contributed by atoms with van der Waals surface area (Å²) < 4.78 is 11.7. The Morgan fingerprint density at radius 2 is 2.05 bits per heavy atom. The van der Waals surface area contributed by atoms with Gasteiger partial charge in [-0.2, -0.15) is 4.98 Å². The van der Waals surface area contributed by atoms with Gasteiger partial charge in [0.05, 0.1) is 31.3 Å². The maximum Gasteiger partial charge on any atom is 0.231 e. The molecule has 0 aliphatic carbocycles. The van der Waals surface area contributed by atoms with Crippen molar-refractivity contribution in [1.82, 2.24) is 4.98 Å². The average Bonchev–Trinajstić information content (AvgIpc) is 2.88. The topological polar surface area (TPSA) is 46.6 Å². The number of halogens is 1. The monoisotopic (exact) mass is 371 g/mol. The summed E-state index contributed by atoms with van der Waals surface area (Å²) in [7, 11) is 7.23. The molecule has 0 unspecified atom stereocenters. The van der Waals surface area contributed by atoms with Crippen molar-refractivity contribution in [2.75, 3.05) is 38.5 Å². The van der Waals surface area contributed by atoms with Crippen LogP contribution in [0.5, 0.6) is 11.6 Å². The first-order chi connectivity index (χ1) is 10.0. The largest absolute Gasteiger partial charge is 0.495 e. The van der Waals surface area contributed by atoms with Gasteiger partial charge in [-0.1, -0.05) is 27.3 Å². The zero-order valence-electron chi connectivity index (χ0n) is 12.4. The molecule has 2 aromatic rings. The molecule has 21 heavy (non-hydrogen) atoms. The first-order valence-electron chi connectivity index (χ1n) is 6.33. The van der Waals surface area contributed by atoms with E-state index in [9.17, 15) is 0 Å². The number of rotatable bonds is 6. The van der Waals surface area contributed by atoms with Crippen molar-refractivity contribution >= 4 is 38.1 Å². The van der Waals surface area contributed by atoms with Gasteiger partial charge in [0, 0.05) is 18.6 Å². The highest BCUT2D eigenvalue weighted by molar-refractivity contribution is 9.10. The number of hydrogen-bond acceptors (Lipinski definition) is 6. The maximum absolute atomic E-state index is 5.35. The Labute approximate surface area is 137 Å². The van der Waals surface area contributed by atoms with Crippen LogP contribution in [0.1, 0.15) is 4.88 Å². The number of ether oxygens (including phenoxy) is 2. The van der Waals surface area contributed by atoms with Gasteiger partial charge in [0.1, 0.15) is 5.75 Å². The first-order valence-corrected chi connectivity index (χ1v) is 7.94. The lowest BCUT2D eigenvalue weighted by Crippen LogP contribution is -2.07. The molecule has 0 amide bonds. The second-order valence-electron chi connectivity index (χ2n) is 4.52. The first kappa shape index (κ1) is 15.9. The molecule has 1 aromatic carbocycles. The van der Waals surface area contributed by atoms with Crippen molar-refractivity contribution in [3.05, 3.63) is 27.5 Å². The minimum Gasteiger partial charge on any atom is -0.495 e. The molecule has 2 rings (SSSR count). The van der Waals surface area contributed by atoms with Gasteiger partial charge in [0.2, 0.25) is 5.88 Å². The van der Waals surface area contributed by atoms with Gasteiger partial charge in [-0.05, 0) is 18.2 Å². The van der Waals surface area contributed by atoms with Crippen LogP contribution >= 0.6 is 27.3 Å². The smallest absolute Gasteiger partial charge is 0.231 e. The van der Waals surface area contributed by atoms with Crippen LogP contribution in [0.3, 0.4) is 0 Å². The highest BCUT2D eigenvalue weighted by atomic mass is 79.9. The zero-order valence-corrected chi connectivity index (χ0v) is 14.8. The van der Waals surface area contributed by atoms with Crippen molar-refractivity contribution in [3.63, 3.8) is 0 Å². The van der Waals surface area contributed by atoms with Gasteiger partial charge < -0.3 is 19.7 Å². The van der Waals surface area contributed by atoms with Crippen molar-refractivity contribution in [2.45, 2.75) is 6.54 Å². The van der Waals surface area contributed by atoms with Crippen molar-refractivity contribution < 1.29 is 9.47 Å². The van der Waals surface area contributed by atoms with Gasteiger partial charge in [0.25, 0.3) is 0 Å². The van der Waals surface area contributed by atoms with Gasteiger partial charge in [-0.3, -0.25) is 0 Å². The number of nitrogens with zero attached hydrogens (tertiary/aromatic N) is 2. The summed E-state index contributed by atoms with van der Waals surface area (Å²) >= 11 is 5.07. The van der Waals surface area contributed by atoms with Gasteiger partial charge in [-0.15, -0.1) is 0 Å². The fraction of sp³-hybridized carbons (Fsp3) is 0.357. The van der Waals surface area contributed by atoms with E-state index in [-0.39, 0.29) is 0 Å². The summed E-state index contributed by atoms with van der Waals surface area (Å²) in [6, 6.07) is 5.85. The molecule has 7 heteroatoms. The zero-order chi connectivity index (χ0) is 15.4. The minimum absolute atomic E-state index is 0.626. The van der Waals surface area contributed by atoms with Crippen LogP contribution in [0.2, 0.25) is 0 Å². The molecule has 0 atom stereocenters. The molecule has 0 aliphatic heterocycles. The minimum atomic E-state index is 0.626. The van der Waals surface area contributed by atoms with Crippen LogP contribution in [-0.2, 0) is 6.54 Å². The Hall–Kier alpha value is -1.47. The van der Waals surface area contributed by atoms with Crippen molar-refractivity contribution in [2.24, 2.45) is 0 Å². The fourth-order valence-electron chi connectivity index (χ4n) is 1.78. The third-order valence-electron chi connectivity index (χ3n) is 2.83. The van der Waals surface area contributed by atoms with Crippen LogP contribution < -0.4 is 19.7 Å². The lowest BCUT2D eigenvalue weighted by Gasteiger charge is -2.11. The summed E-state index contributed by atoms with van der Waals surface area (Å²) in [4.78, 5) is 7.46. The number of methoxy groups -OCH3 is 2. The van der Waals surface area contributed by atoms with E-state index < -0.39 is 0 Å². The van der Waals surface area contributed by atoms with Gasteiger partial charge in [0.15, 0.2) is 5.13 Å². The Kier molecular flexibility index (Phi) is 5.30. The predicted octanol–water partition coefficient (Wildman–Crippen LogP) is 3.60. The van der Waals surface area contributed by atoms with Gasteiger partial charge in [-0.25, -0.2) is 0 Å². The normalized spacial score (nSPS) is 10.3. The molecular weight excluding hydrogens is 354 g/mol. The van der Waals surface area contributed by atoms with E-state index >= 15 is 0 Å². The Balaban J connectivity index is 2.18. The lowest BCUT2D eigenvalue weighted by molar-refractivity contribution is 0.397. The fourth-order valence-corrected chi connectivity index (χ4v) is 3.04. The van der Waals surface area contributed by atoms with E-state index in [0.29, 0.717) is 12.4 Å². The number of thiazole rings is 1. The Bertz CT molecular complexity index is 616. The van der Waals surface area contributed by atoms with E-state index in [0.717, 1.165) is 25.9 Å². The van der Waals surface area contributed by atoms with Gasteiger partial charge >= 0.3 is 0 Å². The van der Waals surface area contributed by atoms with Crippen LogP contribution in [0.15, 0.2) is 22.7 Å². The standard InChI is InChI=1S/C14H18BrN3O2S/c1-18(2)14-17-13(20-4)12(21-14)8-16-10-7-9(15)5-6-11(10)19-3/h5-7,16H,8H2,1-4H3. The predicted molar refractivity (Wildman–Crippen MR) is 91.0 cm³/mol. The maximum atomic E-state index is 5.35. The molecule has 114 valence electrons. The van der Waals surface area contributed by atoms with Crippen LogP contribution in [0.4, 0.5) is 10.8 Å². The van der Waals surface area contributed by atoms with Crippen molar-refractivity contribution in [3.8, 4) is 11.6 Å². The number of aromatic nitrogens is 1. The van der Waals surface area contributed by atoms with Crippen LogP contribution in [-0.4, -0.2) is 33.3 Å². The molecule has 0 radical (unpaired) electrons. The number of benzene rings is 1. The third-order valence-corrected chi connectivity index (χ3v) is 4.52. The summed E-state index contributed by atoms with van der Waals surface area (Å²) in [5, 5.41) is 4.29. The highest BCUT2D eigenvalue weighted by Crippen LogP contribution is 2.33. The molecule has 1 heterocycles. The number of nitrogens with one attached hydrogen (secondary N) is 1. The molecule has 1 N–H and O–H groups in total. The third kappa shape index (κ3) is 3.79. The molecule has 0 saturated carbocycles. The molecule has 0 saturated heterocycles. The molecule has 5 nitrogen and oxygen atoms in total. The van der Waals surface area contributed by atoms with E-state index in [4.69, 9.17) is 9.47 Å². The molecule has 0 bridgehead atoms. The highest BCUT2D eigenvalue weighted by Gasteiger charge is 2.13. The Morgan fingerprint density at radius 1 is 1.29 bits per heavy atom. The molecule has 0 spiro atoms. The van der Waals surface area contributed by atoms with E-state index in [1.807, 2.05) is 37.2 Å². The number of anilines is 2. The molecular formula is C14H18BrN3O2S. The van der Waals surface area contributed by atoms with E-state index in [1.54, 1.807) is 25.6 Å². The van der Waals surface area contributed by atoms with Crippen molar-refractivity contribution in [1.29, 1.82) is 0 Å². The quantitative estimate of drug-likeness (QED) is 0.840. The van der Waals surface area contributed by atoms with E-state index in [2.05, 4.69) is 26.2 Å². The molecule has 0 aliphatic rings. The summed E-state index contributed by atoms with van der Waals surface area (Å²) in [6.07, 6.45) is 0. The molecule has 1 aromatic heterocycles. The summed E-state index contributed by atoms with van der Waals surface area (Å²) in [6.45, 7) is 0.626. The second-order valence-corrected chi connectivity index (χ2v) is 6.50. The number of hydrogen-bond donors (Lipinski definition) is 1. The Morgan fingerprint density at radius 3 is 2.67 bits per heavy atom. The lowest BCUT2D eigenvalue weighted by atomic mass is 10.3. The second kappa shape index (κ2) is 7.00. The molecule has 0 fully saturated rings. The van der Waals surface area contributed by atoms with Crippen LogP contribution in [0.25, 0.3) is 0 Å². The SMILES string of the molecule is COc1ccc(Br)cc1NCc1sc(N(C)C)nc1OC. The van der Waals surface area contributed by atoms with E-state index in [1.165, 1.54) is 0 Å². The summed E-state index contributed by atoms with van der Waals surface area (Å²) in [5.41, 5.74) is 0.925. The van der Waals surface area contributed by atoms with Crippen LogP contribution in [0, 0.1) is 0 Å². The summed E-state index contributed by atoms with van der Waals surface area (Å²) in [5.74, 6) is 1.46.